The lowest BCUT2D eigenvalue weighted by Crippen LogP contribution is -2.46. The number of rotatable bonds is 6. The van der Waals surface area contributed by atoms with Crippen LogP contribution in [0, 0.1) is 5.92 Å². The number of likely N-dealkylation sites (N-methyl/N-ethyl adjacent to an activating group) is 1. The molecule has 2 N–H and O–H groups in total. The van der Waals surface area contributed by atoms with Gasteiger partial charge < -0.3 is 9.84 Å². The third kappa shape index (κ3) is 3.96. The molecule has 1 aromatic rings. The van der Waals surface area contributed by atoms with E-state index in [-0.39, 0.29) is 31.0 Å². The summed E-state index contributed by atoms with van der Waals surface area (Å²) in [5.41, 5.74) is 0. The Balaban J connectivity index is 1.95. The molecule has 1 fully saturated rings. The highest BCUT2D eigenvalue weighted by Crippen LogP contribution is 2.19. The van der Waals surface area contributed by atoms with Crippen LogP contribution in [0.15, 0.2) is 18.5 Å². The third-order valence-electron chi connectivity index (χ3n) is 3.41. The summed E-state index contributed by atoms with van der Waals surface area (Å²) >= 11 is 0. The van der Waals surface area contributed by atoms with Gasteiger partial charge in [-0.25, -0.2) is 9.97 Å². The summed E-state index contributed by atoms with van der Waals surface area (Å²) < 4.78 is 5.23. The smallest absolute Gasteiger partial charge is 0.310 e. The van der Waals surface area contributed by atoms with Gasteiger partial charge in [0.15, 0.2) is 0 Å². The Labute approximate surface area is 122 Å². The fourth-order valence-electron chi connectivity index (χ4n) is 2.31. The fraction of sp³-hybridized carbons (Fsp3) is 0.538. The number of carbonyl (C=O) groups excluding carboxylic acids is 1. The summed E-state index contributed by atoms with van der Waals surface area (Å²) in [5.74, 6) is -1.55. The molecule has 0 spiro atoms. The van der Waals surface area contributed by atoms with E-state index in [0.29, 0.717) is 13.2 Å². The van der Waals surface area contributed by atoms with Crippen molar-refractivity contribution < 1.29 is 19.4 Å². The number of hydrogen-bond acceptors (Lipinski definition) is 6. The van der Waals surface area contributed by atoms with Gasteiger partial charge in [-0.3, -0.25) is 19.8 Å². The maximum absolute atomic E-state index is 12.0. The zero-order valence-electron chi connectivity index (χ0n) is 11.7. The van der Waals surface area contributed by atoms with Gasteiger partial charge in [0.1, 0.15) is 0 Å². The van der Waals surface area contributed by atoms with Crippen LogP contribution in [0.2, 0.25) is 0 Å². The minimum Gasteiger partial charge on any atom is -0.481 e. The largest absolute Gasteiger partial charge is 0.481 e. The highest BCUT2D eigenvalue weighted by Gasteiger charge is 2.38. The highest BCUT2D eigenvalue weighted by molar-refractivity contribution is 5.90. The number of aromatic nitrogens is 2. The maximum atomic E-state index is 12.0. The van der Waals surface area contributed by atoms with Gasteiger partial charge in [0, 0.05) is 18.4 Å². The van der Waals surface area contributed by atoms with E-state index < -0.39 is 11.9 Å². The van der Waals surface area contributed by atoms with Crippen molar-refractivity contribution in [3.63, 3.8) is 0 Å². The molecule has 2 rings (SSSR count). The number of anilines is 1. The minimum atomic E-state index is -0.900. The van der Waals surface area contributed by atoms with Gasteiger partial charge in [0.05, 0.1) is 25.7 Å². The van der Waals surface area contributed by atoms with Crippen molar-refractivity contribution in [2.45, 2.75) is 13.0 Å². The van der Waals surface area contributed by atoms with E-state index >= 15 is 0 Å². The highest BCUT2D eigenvalue weighted by atomic mass is 16.5. The predicted molar refractivity (Wildman–Crippen MR) is 73.6 cm³/mol. The van der Waals surface area contributed by atoms with Crippen LogP contribution >= 0.6 is 0 Å². The molecule has 1 aromatic heterocycles. The van der Waals surface area contributed by atoms with Crippen LogP contribution in [0.3, 0.4) is 0 Å². The van der Waals surface area contributed by atoms with E-state index in [9.17, 15) is 14.7 Å². The summed E-state index contributed by atoms with van der Waals surface area (Å²) in [6, 6.07) is 1.36. The topological polar surface area (TPSA) is 105 Å². The van der Waals surface area contributed by atoms with Gasteiger partial charge in [0.2, 0.25) is 11.9 Å². The number of carbonyl (C=O) groups is 2. The fourth-order valence-corrected chi connectivity index (χ4v) is 2.31. The van der Waals surface area contributed by atoms with Crippen LogP contribution in [0.4, 0.5) is 5.95 Å². The number of aliphatic carboxylic acids is 1. The van der Waals surface area contributed by atoms with E-state index in [2.05, 4.69) is 15.3 Å². The van der Waals surface area contributed by atoms with Crippen molar-refractivity contribution in [2.24, 2.45) is 5.92 Å². The maximum Gasteiger partial charge on any atom is 0.310 e. The van der Waals surface area contributed by atoms with Crippen molar-refractivity contribution in [3.05, 3.63) is 18.5 Å². The monoisotopic (exact) mass is 294 g/mol. The van der Waals surface area contributed by atoms with E-state index in [4.69, 9.17) is 4.74 Å². The molecular formula is C13H18N4O4. The second-order valence-electron chi connectivity index (χ2n) is 4.73. The standard InChI is InChI=1S/C13H18N4O4/c1-2-17(10-8-21-7-9(10)12(19)20)6-11(18)16-13-14-4-3-5-15-13/h3-5,9-10H,2,6-8H2,1H3,(H,19,20)(H,14,15,16,18). The first-order valence-electron chi connectivity index (χ1n) is 6.73. The van der Waals surface area contributed by atoms with Crippen LogP contribution < -0.4 is 5.32 Å². The molecule has 1 saturated heterocycles. The number of carboxylic acids is 1. The molecule has 0 bridgehead atoms. The molecule has 8 heteroatoms. The van der Waals surface area contributed by atoms with E-state index in [1.165, 1.54) is 12.4 Å². The molecule has 1 aliphatic rings. The number of carboxylic acid groups (broad SMARTS) is 1. The summed E-state index contributed by atoms with van der Waals surface area (Å²) in [6.07, 6.45) is 3.07. The summed E-state index contributed by atoms with van der Waals surface area (Å²) in [6.45, 7) is 3.01. The first kappa shape index (κ1) is 15.3. The van der Waals surface area contributed by atoms with E-state index in [1.807, 2.05) is 6.92 Å². The molecule has 0 aromatic carbocycles. The van der Waals surface area contributed by atoms with Crippen LogP contribution in [0.5, 0.6) is 0 Å². The van der Waals surface area contributed by atoms with Gasteiger partial charge in [-0.15, -0.1) is 0 Å². The Morgan fingerprint density at radius 2 is 2.14 bits per heavy atom. The van der Waals surface area contributed by atoms with Gasteiger partial charge in [-0.2, -0.15) is 0 Å². The lowest BCUT2D eigenvalue weighted by molar-refractivity contribution is -0.143. The Bertz CT molecular complexity index is 496. The van der Waals surface area contributed by atoms with Crippen LogP contribution in [-0.4, -0.2) is 64.2 Å². The van der Waals surface area contributed by atoms with Gasteiger partial charge in [-0.05, 0) is 12.6 Å². The number of ether oxygens (including phenoxy) is 1. The van der Waals surface area contributed by atoms with Gasteiger partial charge >= 0.3 is 5.97 Å². The molecule has 0 radical (unpaired) electrons. The molecule has 2 atom stereocenters. The number of amides is 1. The van der Waals surface area contributed by atoms with Crippen molar-refractivity contribution in [3.8, 4) is 0 Å². The molecule has 0 aliphatic carbocycles. The Kier molecular flexibility index (Phi) is 5.18. The predicted octanol–water partition coefficient (Wildman–Crippen LogP) is -0.163. The normalized spacial score (nSPS) is 21.4. The van der Waals surface area contributed by atoms with Crippen molar-refractivity contribution in [1.82, 2.24) is 14.9 Å². The number of hydrogen-bond donors (Lipinski definition) is 2. The summed E-state index contributed by atoms with van der Waals surface area (Å²) in [7, 11) is 0. The lowest BCUT2D eigenvalue weighted by Gasteiger charge is -2.28. The molecule has 0 saturated carbocycles. The lowest BCUT2D eigenvalue weighted by atomic mass is 10.0. The van der Waals surface area contributed by atoms with Crippen LogP contribution in [0.25, 0.3) is 0 Å². The van der Waals surface area contributed by atoms with Crippen molar-refractivity contribution >= 4 is 17.8 Å². The number of nitrogens with zero attached hydrogens (tertiary/aromatic N) is 3. The molecule has 21 heavy (non-hydrogen) atoms. The zero-order chi connectivity index (χ0) is 15.2. The van der Waals surface area contributed by atoms with Gasteiger partial charge in [-0.1, -0.05) is 6.92 Å². The molecule has 1 amide bonds. The third-order valence-corrected chi connectivity index (χ3v) is 3.41. The van der Waals surface area contributed by atoms with Crippen molar-refractivity contribution in [2.75, 3.05) is 31.6 Å². The number of nitrogens with one attached hydrogen (secondary N) is 1. The quantitative estimate of drug-likeness (QED) is 0.751. The molecule has 2 heterocycles. The van der Waals surface area contributed by atoms with Crippen LogP contribution in [0.1, 0.15) is 6.92 Å². The van der Waals surface area contributed by atoms with Gasteiger partial charge in [0.25, 0.3) is 0 Å². The molecule has 114 valence electrons. The first-order chi connectivity index (χ1) is 10.1. The second kappa shape index (κ2) is 7.09. The zero-order valence-corrected chi connectivity index (χ0v) is 11.7. The van der Waals surface area contributed by atoms with Crippen molar-refractivity contribution in [1.29, 1.82) is 0 Å². The van der Waals surface area contributed by atoms with Crippen LogP contribution in [-0.2, 0) is 14.3 Å². The second-order valence-corrected chi connectivity index (χ2v) is 4.73. The molecule has 8 nitrogen and oxygen atoms in total. The minimum absolute atomic E-state index is 0.0760. The SMILES string of the molecule is CCN(CC(=O)Nc1ncccn1)C1COCC1C(=O)O. The van der Waals surface area contributed by atoms with E-state index in [1.54, 1.807) is 11.0 Å². The first-order valence-corrected chi connectivity index (χ1v) is 6.73. The average Bonchev–Trinajstić information content (AvgIpc) is 2.95. The summed E-state index contributed by atoms with van der Waals surface area (Å²) in [4.78, 5) is 32.8. The Morgan fingerprint density at radius 1 is 1.43 bits per heavy atom. The Morgan fingerprint density at radius 3 is 2.76 bits per heavy atom. The molecule has 1 aliphatic heterocycles. The summed E-state index contributed by atoms with van der Waals surface area (Å²) in [5, 5.41) is 11.8. The average molecular weight is 294 g/mol. The molecular weight excluding hydrogens is 276 g/mol. The molecule has 2 unspecified atom stereocenters. The Hall–Kier alpha value is -2.06. The van der Waals surface area contributed by atoms with E-state index in [0.717, 1.165) is 0 Å².